The smallest absolute Gasteiger partial charge is 0.174 e. The quantitative estimate of drug-likeness (QED) is 0.205. The van der Waals surface area contributed by atoms with Gasteiger partial charge in [0.25, 0.3) is 0 Å². The second kappa shape index (κ2) is 10.7. The fourth-order valence-corrected chi connectivity index (χ4v) is 5.43. The van der Waals surface area contributed by atoms with Gasteiger partial charge in [-0.1, -0.05) is 53.0 Å². The highest BCUT2D eigenvalue weighted by molar-refractivity contribution is 7.80. The number of furan rings is 1. The lowest BCUT2D eigenvalue weighted by Crippen LogP contribution is -2.29. The fourth-order valence-electron chi connectivity index (χ4n) is 4.69. The number of rotatable bonds is 6. The summed E-state index contributed by atoms with van der Waals surface area (Å²) in [6.07, 6.45) is 1.77. The van der Waals surface area contributed by atoms with Crippen molar-refractivity contribution in [3.8, 4) is 22.8 Å². The molecule has 3 aromatic carbocycles. The minimum Gasteiger partial charge on any atom is -0.459 e. The van der Waals surface area contributed by atoms with Gasteiger partial charge < -0.3 is 19.4 Å². The summed E-state index contributed by atoms with van der Waals surface area (Å²) >= 11 is 18.6. The number of hydrogen-bond donors (Lipinski definition) is 1. The number of halogens is 2. The molecule has 1 N–H and O–H groups in total. The van der Waals surface area contributed by atoms with Crippen LogP contribution in [0, 0.1) is 6.92 Å². The summed E-state index contributed by atoms with van der Waals surface area (Å²) < 4.78 is 12.5. The fraction of sp³-hybridized carbons (Fsp3) is 0.0968. The van der Waals surface area contributed by atoms with E-state index in [1.165, 1.54) is 5.56 Å². The zero-order valence-corrected chi connectivity index (χ0v) is 23.2. The summed E-state index contributed by atoms with van der Waals surface area (Å²) in [5.74, 6) is 2.85. The molecule has 194 valence electrons. The predicted octanol–water partition coefficient (Wildman–Crippen LogP) is 8.93. The van der Waals surface area contributed by atoms with Crippen LogP contribution in [0.3, 0.4) is 0 Å². The van der Waals surface area contributed by atoms with Gasteiger partial charge in [-0.15, -0.1) is 0 Å². The van der Waals surface area contributed by atoms with Gasteiger partial charge in [0.1, 0.15) is 29.1 Å². The summed E-state index contributed by atoms with van der Waals surface area (Å²) in [5.41, 5.74) is 3.65. The van der Waals surface area contributed by atoms with Crippen LogP contribution in [0.25, 0.3) is 11.3 Å². The molecule has 0 amide bonds. The molecule has 1 aliphatic rings. The summed E-state index contributed by atoms with van der Waals surface area (Å²) in [5, 5.41) is 4.94. The second-order valence-corrected chi connectivity index (χ2v) is 10.4. The van der Waals surface area contributed by atoms with Crippen LogP contribution in [0.15, 0.2) is 108 Å². The zero-order valence-electron chi connectivity index (χ0n) is 20.8. The first kappa shape index (κ1) is 25.4. The average molecular weight is 573 g/mol. The third-order valence-electron chi connectivity index (χ3n) is 6.61. The molecular weight excluding hydrogens is 549 g/mol. The van der Waals surface area contributed by atoms with E-state index in [0.717, 1.165) is 28.4 Å². The molecule has 0 unspecified atom stereocenters. The van der Waals surface area contributed by atoms with Gasteiger partial charge in [-0.25, -0.2) is 0 Å². The monoisotopic (exact) mass is 571 g/mol. The molecule has 39 heavy (non-hydrogen) atoms. The SMILES string of the molecule is Cc1ccc(Oc2ccc(N3C(=S)N[C@H](c4ccccn4)[C@H]3c3ccc(-c4cccc(Cl)c4Cl)o3)cc2)cc1. The van der Waals surface area contributed by atoms with Crippen molar-refractivity contribution in [3.05, 3.63) is 130 Å². The van der Waals surface area contributed by atoms with Gasteiger partial charge in [-0.3, -0.25) is 4.98 Å². The molecule has 1 fully saturated rings. The molecule has 8 heteroatoms. The standard InChI is InChI=1S/C31H23Cl2N3O2S/c1-19-8-12-21(13-9-19)37-22-14-10-20(11-15-22)36-30(29(35-31(36)39)25-7-2-3-18-34-25)27-17-16-26(38-27)23-5-4-6-24(32)28(23)33/h2-18,29-30H,1H3,(H,35,39)/t29-,30-/m1/s1. The number of nitrogens with one attached hydrogen (secondary N) is 1. The Kier molecular flexibility index (Phi) is 7.00. The van der Waals surface area contributed by atoms with Crippen molar-refractivity contribution >= 4 is 46.2 Å². The Balaban J connectivity index is 1.36. The molecule has 0 saturated carbocycles. The van der Waals surface area contributed by atoms with Crippen LogP contribution in [0.4, 0.5) is 5.69 Å². The van der Waals surface area contributed by atoms with Crippen LogP contribution in [-0.4, -0.2) is 10.1 Å². The van der Waals surface area contributed by atoms with Crippen LogP contribution >= 0.6 is 35.4 Å². The van der Waals surface area contributed by atoms with E-state index in [4.69, 9.17) is 44.6 Å². The minimum absolute atomic E-state index is 0.240. The van der Waals surface area contributed by atoms with Crippen molar-refractivity contribution in [1.82, 2.24) is 10.3 Å². The van der Waals surface area contributed by atoms with Gasteiger partial charge in [-0.2, -0.15) is 0 Å². The van der Waals surface area contributed by atoms with E-state index >= 15 is 0 Å². The van der Waals surface area contributed by atoms with Gasteiger partial charge >= 0.3 is 0 Å². The minimum atomic E-state index is -0.303. The van der Waals surface area contributed by atoms with Gasteiger partial charge in [0.2, 0.25) is 0 Å². The molecule has 2 aromatic heterocycles. The normalized spacial score (nSPS) is 16.8. The first-order chi connectivity index (χ1) is 19.0. The lowest BCUT2D eigenvalue weighted by molar-refractivity contribution is 0.439. The summed E-state index contributed by atoms with van der Waals surface area (Å²) in [6, 6.07) is 30.4. The predicted molar refractivity (Wildman–Crippen MR) is 160 cm³/mol. The molecule has 2 atom stereocenters. The molecule has 5 nitrogen and oxygen atoms in total. The Labute approximate surface area is 242 Å². The van der Waals surface area contributed by atoms with Gasteiger partial charge in [0.05, 0.1) is 21.8 Å². The summed E-state index contributed by atoms with van der Waals surface area (Å²) in [4.78, 5) is 6.66. The molecule has 0 radical (unpaired) electrons. The number of hydrogen-bond acceptors (Lipinski definition) is 4. The lowest BCUT2D eigenvalue weighted by Gasteiger charge is -2.26. The molecule has 3 heterocycles. The molecule has 1 aliphatic heterocycles. The zero-order chi connectivity index (χ0) is 26.9. The highest BCUT2D eigenvalue weighted by Crippen LogP contribution is 2.44. The van der Waals surface area contributed by atoms with E-state index in [1.54, 1.807) is 12.3 Å². The number of aromatic nitrogens is 1. The van der Waals surface area contributed by atoms with E-state index in [-0.39, 0.29) is 12.1 Å². The Morgan fingerprint density at radius 3 is 2.33 bits per heavy atom. The van der Waals surface area contributed by atoms with E-state index in [0.29, 0.717) is 26.7 Å². The van der Waals surface area contributed by atoms with Gasteiger partial charge in [-0.05, 0) is 91.9 Å². The van der Waals surface area contributed by atoms with E-state index in [9.17, 15) is 0 Å². The Morgan fingerprint density at radius 1 is 0.872 bits per heavy atom. The maximum Gasteiger partial charge on any atom is 0.174 e. The number of pyridine rings is 1. The molecule has 5 aromatic rings. The van der Waals surface area contributed by atoms with Crippen molar-refractivity contribution in [2.75, 3.05) is 4.90 Å². The molecule has 0 bridgehead atoms. The first-order valence-corrected chi connectivity index (χ1v) is 13.5. The second-order valence-electron chi connectivity index (χ2n) is 9.21. The topological polar surface area (TPSA) is 50.5 Å². The first-order valence-electron chi connectivity index (χ1n) is 12.4. The third kappa shape index (κ3) is 5.11. The number of ether oxygens (including phenoxy) is 1. The van der Waals surface area contributed by atoms with E-state index in [1.807, 2.05) is 103 Å². The number of benzene rings is 3. The number of thiocarbonyl (C=S) groups is 1. The van der Waals surface area contributed by atoms with Crippen molar-refractivity contribution in [2.45, 2.75) is 19.0 Å². The molecular formula is C31H23Cl2N3O2S. The van der Waals surface area contributed by atoms with E-state index < -0.39 is 0 Å². The highest BCUT2D eigenvalue weighted by Gasteiger charge is 2.42. The van der Waals surface area contributed by atoms with Crippen molar-refractivity contribution in [1.29, 1.82) is 0 Å². The highest BCUT2D eigenvalue weighted by atomic mass is 35.5. The maximum absolute atomic E-state index is 6.49. The van der Waals surface area contributed by atoms with Crippen LogP contribution < -0.4 is 15.0 Å². The maximum atomic E-state index is 6.49. The largest absolute Gasteiger partial charge is 0.459 e. The Morgan fingerprint density at radius 2 is 1.62 bits per heavy atom. The lowest BCUT2D eigenvalue weighted by atomic mass is 10.0. The van der Waals surface area contributed by atoms with Crippen LogP contribution in [0.1, 0.15) is 29.1 Å². The van der Waals surface area contributed by atoms with Crippen LogP contribution in [-0.2, 0) is 0 Å². The van der Waals surface area contributed by atoms with Gasteiger partial charge in [0, 0.05) is 17.4 Å². The number of aryl methyl sites for hydroxylation is 1. The van der Waals surface area contributed by atoms with Crippen molar-refractivity contribution < 1.29 is 9.15 Å². The Hall–Kier alpha value is -3.84. The van der Waals surface area contributed by atoms with Crippen molar-refractivity contribution in [2.24, 2.45) is 0 Å². The molecule has 0 spiro atoms. The molecule has 1 saturated heterocycles. The van der Waals surface area contributed by atoms with Crippen molar-refractivity contribution in [3.63, 3.8) is 0 Å². The number of anilines is 1. The third-order valence-corrected chi connectivity index (χ3v) is 7.74. The van der Waals surface area contributed by atoms with Crippen LogP contribution in [0.5, 0.6) is 11.5 Å². The average Bonchev–Trinajstić information content (AvgIpc) is 3.57. The molecule has 0 aliphatic carbocycles. The van der Waals surface area contributed by atoms with Gasteiger partial charge in [0.15, 0.2) is 5.11 Å². The summed E-state index contributed by atoms with van der Waals surface area (Å²) in [6.45, 7) is 2.05. The summed E-state index contributed by atoms with van der Waals surface area (Å²) in [7, 11) is 0. The van der Waals surface area contributed by atoms with Crippen LogP contribution in [0.2, 0.25) is 10.0 Å². The Bertz CT molecular complexity index is 1620. The molecule has 6 rings (SSSR count). The number of nitrogens with zero attached hydrogens (tertiary/aromatic N) is 2. The van der Waals surface area contributed by atoms with E-state index in [2.05, 4.69) is 10.3 Å².